The molecule has 1 aliphatic rings. The van der Waals surface area contributed by atoms with E-state index >= 15 is 0 Å². The van der Waals surface area contributed by atoms with Gasteiger partial charge in [0.2, 0.25) is 5.91 Å². The third-order valence-corrected chi connectivity index (χ3v) is 6.57. The van der Waals surface area contributed by atoms with Gasteiger partial charge in [-0.3, -0.25) is 9.69 Å². The minimum Gasteiger partial charge on any atom is -0.507 e. The van der Waals surface area contributed by atoms with Gasteiger partial charge in [0.1, 0.15) is 11.5 Å². The van der Waals surface area contributed by atoms with Gasteiger partial charge >= 0.3 is 0 Å². The number of nitrogens with zero attached hydrogens (tertiary/aromatic N) is 2. The third-order valence-electron chi connectivity index (χ3n) is 5.69. The maximum Gasteiger partial charge on any atom is 0.227 e. The number of phenolic OH excluding ortho intramolecular Hbond substituents is 2. The quantitative estimate of drug-likeness (QED) is 0.567. The van der Waals surface area contributed by atoms with Crippen LogP contribution in [0.3, 0.4) is 0 Å². The van der Waals surface area contributed by atoms with Crippen LogP contribution in [-0.4, -0.2) is 52.1 Å². The van der Waals surface area contributed by atoms with Crippen LogP contribution >= 0.6 is 15.9 Å². The van der Waals surface area contributed by atoms with E-state index < -0.39 is 0 Å². The molecule has 1 aliphatic heterocycles. The van der Waals surface area contributed by atoms with Gasteiger partial charge in [-0.05, 0) is 32.6 Å². The lowest BCUT2D eigenvalue weighted by Gasteiger charge is -2.35. The minimum absolute atomic E-state index is 0.0118. The third kappa shape index (κ3) is 4.92. The van der Waals surface area contributed by atoms with E-state index in [4.69, 9.17) is 0 Å². The molecule has 0 aromatic heterocycles. The van der Waals surface area contributed by atoms with E-state index in [1.54, 1.807) is 0 Å². The largest absolute Gasteiger partial charge is 0.507 e. The molecule has 160 valence electrons. The second-order valence-electron chi connectivity index (χ2n) is 7.77. The normalized spacial score (nSPS) is 14.5. The lowest BCUT2D eigenvalue weighted by molar-refractivity contribution is -0.132. The van der Waals surface area contributed by atoms with Gasteiger partial charge in [-0.1, -0.05) is 60.7 Å². The fourth-order valence-electron chi connectivity index (χ4n) is 4.04. The molecule has 0 radical (unpaired) electrons. The van der Waals surface area contributed by atoms with Crippen LogP contribution < -0.4 is 0 Å². The van der Waals surface area contributed by atoms with Crippen molar-refractivity contribution in [3.05, 3.63) is 82.3 Å². The molecule has 0 aliphatic carbocycles. The van der Waals surface area contributed by atoms with Crippen LogP contribution in [0.5, 0.6) is 11.5 Å². The van der Waals surface area contributed by atoms with Crippen molar-refractivity contribution in [2.75, 3.05) is 26.2 Å². The van der Waals surface area contributed by atoms with Crippen LogP contribution in [0.15, 0.2) is 71.2 Å². The summed E-state index contributed by atoms with van der Waals surface area (Å²) in [5, 5.41) is 20.7. The van der Waals surface area contributed by atoms with Gasteiger partial charge < -0.3 is 15.1 Å². The van der Waals surface area contributed by atoms with Gasteiger partial charge in [-0.2, -0.15) is 0 Å². The maximum atomic E-state index is 13.1. The molecule has 0 saturated carbocycles. The van der Waals surface area contributed by atoms with Gasteiger partial charge in [0.05, 0.1) is 10.9 Å². The van der Waals surface area contributed by atoms with Crippen LogP contribution in [0.25, 0.3) is 11.1 Å². The molecule has 1 saturated heterocycles. The Labute approximate surface area is 190 Å². The summed E-state index contributed by atoms with van der Waals surface area (Å²) in [5.41, 5.74) is 3.24. The highest BCUT2D eigenvalue weighted by Crippen LogP contribution is 2.42. The highest BCUT2D eigenvalue weighted by atomic mass is 79.9. The van der Waals surface area contributed by atoms with Gasteiger partial charge in [0.15, 0.2) is 0 Å². The first-order chi connectivity index (χ1) is 15.0. The highest BCUT2D eigenvalue weighted by Gasteiger charge is 2.25. The molecule has 0 spiro atoms. The number of hydrogen-bond donors (Lipinski definition) is 2. The average Bonchev–Trinajstić information content (AvgIpc) is 2.79. The number of piperazine rings is 1. The summed E-state index contributed by atoms with van der Waals surface area (Å²) < 4.78 is 0.445. The van der Waals surface area contributed by atoms with Gasteiger partial charge in [0.25, 0.3) is 0 Å². The summed E-state index contributed by atoms with van der Waals surface area (Å²) in [7, 11) is 0. The summed E-state index contributed by atoms with van der Waals surface area (Å²) in [6.07, 6.45) is 0.103. The fraction of sp³-hybridized carbons (Fsp3) is 0.240. The Balaban J connectivity index is 1.48. The Morgan fingerprint density at radius 3 is 2.13 bits per heavy atom. The standard InChI is InChI=1S/C25H25BrN2O3/c26-25-20(24(21(29)16-22(25)30)19-9-5-2-6-10-19)15-23(31)28-13-11-27(12-14-28)17-18-7-3-1-4-8-18/h1-10,16,29-30H,11-15,17H2. The first-order valence-electron chi connectivity index (χ1n) is 10.4. The van der Waals surface area contributed by atoms with Crippen LogP contribution in [0, 0.1) is 0 Å². The molecule has 6 heteroatoms. The average molecular weight is 481 g/mol. The second kappa shape index (κ2) is 9.54. The zero-order chi connectivity index (χ0) is 21.8. The Morgan fingerprint density at radius 1 is 0.871 bits per heavy atom. The van der Waals surface area contributed by atoms with Crippen LogP contribution in [0.1, 0.15) is 11.1 Å². The van der Waals surface area contributed by atoms with Crippen molar-refractivity contribution in [2.45, 2.75) is 13.0 Å². The van der Waals surface area contributed by atoms with Crippen molar-refractivity contribution in [3.63, 3.8) is 0 Å². The Kier molecular flexibility index (Phi) is 6.59. The number of aromatic hydroxyl groups is 2. The zero-order valence-electron chi connectivity index (χ0n) is 17.2. The molecule has 3 aromatic rings. The van der Waals surface area contributed by atoms with Crippen LogP contribution in [0.4, 0.5) is 0 Å². The lowest BCUT2D eigenvalue weighted by Crippen LogP contribution is -2.48. The summed E-state index contributed by atoms with van der Waals surface area (Å²) in [6, 6.07) is 21.1. The molecule has 0 atom stereocenters. The summed E-state index contributed by atoms with van der Waals surface area (Å²) >= 11 is 3.42. The van der Waals surface area contributed by atoms with E-state index in [-0.39, 0.29) is 23.8 Å². The second-order valence-corrected chi connectivity index (χ2v) is 8.56. The molecule has 5 nitrogen and oxygen atoms in total. The van der Waals surface area contributed by atoms with E-state index in [0.717, 1.165) is 25.2 Å². The summed E-state index contributed by atoms with van der Waals surface area (Å²) in [5.74, 6) is -0.128. The fourth-order valence-corrected chi connectivity index (χ4v) is 4.49. The molecule has 1 amide bonds. The number of phenols is 2. The highest BCUT2D eigenvalue weighted by molar-refractivity contribution is 9.10. The predicted octanol–water partition coefficient (Wildman–Crippen LogP) is 4.41. The molecule has 2 N–H and O–H groups in total. The maximum absolute atomic E-state index is 13.1. The Bertz CT molecular complexity index is 1050. The number of hydrogen-bond acceptors (Lipinski definition) is 4. The SMILES string of the molecule is O=C(Cc1c(Br)c(O)cc(O)c1-c1ccccc1)N1CCN(Cc2ccccc2)CC1. The van der Waals surface area contributed by atoms with Crippen molar-refractivity contribution in [1.29, 1.82) is 0 Å². The monoisotopic (exact) mass is 480 g/mol. The van der Waals surface area contributed by atoms with Crippen molar-refractivity contribution in [2.24, 2.45) is 0 Å². The van der Waals surface area contributed by atoms with Crippen molar-refractivity contribution in [3.8, 4) is 22.6 Å². The number of amides is 1. The molecule has 3 aromatic carbocycles. The van der Waals surface area contributed by atoms with Gasteiger partial charge in [0, 0.05) is 44.4 Å². The molecule has 4 rings (SSSR count). The first-order valence-corrected chi connectivity index (χ1v) is 11.1. The van der Waals surface area contributed by atoms with Crippen LogP contribution in [0.2, 0.25) is 0 Å². The number of rotatable bonds is 5. The van der Waals surface area contributed by atoms with Gasteiger partial charge in [-0.25, -0.2) is 0 Å². The van der Waals surface area contributed by atoms with E-state index in [2.05, 4.69) is 33.0 Å². The van der Waals surface area contributed by atoms with Gasteiger partial charge in [-0.15, -0.1) is 0 Å². The Morgan fingerprint density at radius 2 is 1.48 bits per heavy atom. The zero-order valence-corrected chi connectivity index (χ0v) is 18.8. The summed E-state index contributed by atoms with van der Waals surface area (Å²) in [6.45, 7) is 3.84. The molecule has 0 unspecified atom stereocenters. The van der Waals surface area contributed by atoms with Crippen LogP contribution in [-0.2, 0) is 17.8 Å². The predicted molar refractivity (Wildman–Crippen MR) is 125 cm³/mol. The molecular formula is C25H25BrN2O3. The van der Waals surface area contributed by atoms with E-state index in [1.807, 2.05) is 53.4 Å². The van der Waals surface area contributed by atoms with E-state index in [1.165, 1.54) is 11.6 Å². The molecule has 0 bridgehead atoms. The number of benzene rings is 3. The molecular weight excluding hydrogens is 456 g/mol. The summed E-state index contributed by atoms with van der Waals surface area (Å²) in [4.78, 5) is 17.3. The Hall–Kier alpha value is -2.83. The van der Waals surface area contributed by atoms with Crippen molar-refractivity contribution >= 4 is 21.8 Å². The minimum atomic E-state index is -0.0762. The molecule has 31 heavy (non-hydrogen) atoms. The number of halogens is 1. The first kappa shape index (κ1) is 21.4. The van der Waals surface area contributed by atoms with E-state index in [9.17, 15) is 15.0 Å². The topological polar surface area (TPSA) is 64.0 Å². The van der Waals surface area contributed by atoms with Crippen molar-refractivity contribution in [1.82, 2.24) is 9.80 Å². The molecule has 1 fully saturated rings. The van der Waals surface area contributed by atoms with Crippen molar-refractivity contribution < 1.29 is 15.0 Å². The van der Waals surface area contributed by atoms with E-state index in [0.29, 0.717) is 28.7 Å². The number of carbonyl (C=O) groups excluding carboxylic acids is 1. The number of carbonyl (C=O) groups is 1. The molecule has 1 heterocycles. The smallest absolute Gasteiger partial charge is 0.227 e. The lowest BCUT2D eigenvalue weighted by atomic mass is 9.95.